The molecular weight excluding hydrogens is 172 g/mol. The van der Waals surface area contributed by atoms with Crippen molar-refractivity contribution in [2.75, 3.05) is 19.6 Å². The van der Waals surface area contributed by atoms with E-state index in [1.54, 1.807) is 0 Å². The van der Waals surface area contributed by atoms with Crippen molar-refractivity contribution in [1.82, 2.24) is 4.90 Å². The molecule has 0 rings (SSSR count). The van der Waals surface area contributed by atoms with Crippen LogP contribution >= 0.6 is 0 Å². The fourth-order valence-electron chi connectivity index (χ4n) is 1.65. The third-order valence-corrected chi connectivity index (χ3v) is 3.22. The van der Waals surface area contributed by atoms with Crippen LogP contribution in [0.2, 0.25) is 0 Å². The molecule has 0 bridgehead atoms. The Bertz CT molecular complexity index is 130. The Morgan fingerprint density at radius 1 is 1.07 bits per heavy atom. The Kier molecular flexibility index (Phi) is 7.20. The Labute approximate surface area is 89.9 Å². The lowest BCUT2D eigenvalue weighted by Crippen LogP contribution is -2.49. The summed E-state index contributed by atoms with van der Waals surface area (Å²) in [5.74, 6) is 0. The highest BCUT2D eigenvalue weighted by Crippen LogP contribution is 2.13. The zero-order valence-electron chi connectivity index (χ0n) is 10.5. The Hall–Kier alpha value is -0.0800. The van der Waals surface area contributed by atoms with Gasteiger partial charge in [-0.05, 0) is 32.4 Å². The Balaban J connectivity index is 4.00. The number of unbranched alkanes of at least 4 members (excludes halogenated alkanes) is 1. The summed E-state index contributed by atoms with van der Waals surface area (Å²) in [6.45, 7) is 12.2. The number of hydrogen-bond donors (Lipinski definition) is 1. The topological polar surface area (TPSA) is 29.3 Å². The predicted octanol–water partition coefficient (Wildman–Crippen LogP) is 2.63. The Morgan fingerprint density at radius 3 is 2.00 bits per heavy atom. The fourth-order valence-corrected chi connectivity index (χ4v) is 1.65. The summed E-state index contributed by atoms with van der Waals surface area (Å²) in [6.07, 6.45) is 4.71. The van der Waals surface area contributed by atoms with Gasteiger partial charge in [0.05, 0.1) is 0 Å². The van der Waals surface area contributed by atoms with Crippen molar-refractivity contribution in [3.63, 3.8) is 0 Å². The van der Waals surface area contributed by atoms with E-state index in [1.165, 1.54) is 19.4 Å². The minimum Gasteiger partial charge on any atom is -0.324 e. The zero-order chi connectivity index (χ0) is 11.0. The minimum absolute atomic E-state index is 0.0315. The van der Waals surface area contributed by atoms with E-state index in [2.05, 4.69) is 32.6 Å². The highest BCUT2D eigenvalue weighted by molar-refractivity contribution is 4.84. The molecule has 0 spiro atoms. The molecule has 0 aromatic carbocycles. The summed E-state index contributed by atoms with van der Waals surface area (Å²) < 4.78 is 0. The van der Waals surface area contributed by atoms with Crippen molar-refractivity contribution in [3.05, 3.63) is 0 Å². The Morgan fingerprint density at radius 2 is 1.64 bits per heavy atom. The van der Waals surface area contributed by atoms with Crippen molar-refractivity contribution in [1.29, 1.82) is 0 Å². The van der Waals surface area contributed by atoms with Gasteiger partial charge >= 0.3 is 0 Å². The molecule has 86 valence electrons. The number of nitrogens with two attached hydrogens (primary N) is 1. The molecule has 0 amide bonds. The maximum absolute atomic E-state index is 6.30. The molecule has 0 unspecified atom stereocenters. The van der Waals surface area contributed by atoms with Crippen molar-refractivity contribution in [3.8, 4) is 0 Å². The van der Waals surface area contributed by atoms with E-state index >= 15 is 0 Å². The van der Waals surface area contributed by atoms with E-state index in [-0.39, 0.29) is 5.54 Å². The van der Waals surface area contributed by atoms with Gasteiger partial charge in [-0.1, -0.05) is 34.1 Å². The quantitative estimate of drug-likeness (QED) is 0.652. The van der Waals surface area contributed by atoms with E-state index in [1.807, 2.05) is 0 Å². The zero-order valence-corrected chi connectivity index (χ0v) is 10.5. The lowest BCUT2D eigenvalue weighted by molar-refractivity contribution is 0.204. The molecule has 2 N–H and O–H groups in total. The standard InChI is InChI=1S/C12H28N2/c1-5-9-10-14(8-4)11-12(13,6-2)7-3/h5-11,13H2,1-4H3. The predicted molar refractivity (Wildman–Crippen MR) is 64.5 cm³/mol. The molecule has 0 heterocycles. The lowest BCUT2D eigenvalue weighted by atomic mass is 9.93. The summed E-state index contributed by atoms with van der Waals surface area (Å²) in [6, 6.07) is 0. The van der Waals surface area contributed by atoms with Gasteiger partial charge in [0.15, 0.2) is 0 Å². The number of hydrogen-bond acceptors (Lipinski definition) is 2. The molecule has 0 saturated carbocycles. The number of rotatable bonds is 8. The van der Waals surface area contributed by atoms with Crippen LogP contribution in [0.3, 0.4) is 0 Å². The van der Waals surface area contributed by atoms with Gasteiger partial charge in [0.2, 0.25) is 0 Å². The van der Waals surface area contributed by atoms with Crippen molar-refractivity contribution >= 4 is 0 Å². The van der Waals surface area contributed by atoms with E-state index in [4.69, 9.17) is 5.73 Å². The molecule has 14 heavy (non-hydrogen) atoms. The molecule has 0 aliphatic heterocycles. The van der Waals surface area contributed by atoms with Crippen LogP contribution in [0, 0.1) is 0 Å². The van der Waals surface area contributed by atoms with Gasteiger partial charge in [-0.3, -0.25) is 0 Å². The molecule has 0 atom stereocenters. The van der Waals surface area contributed by atoms with Gasteiger partial charge in [0, 0.05) is 12.1 Å². The first-order chi connectivity index (χ1) is 6.61. The normalized spacial score (nSPS) is 12.4. The van der Waals surface area contributed by atoms with E-state index in [0.29, 0.717) is 0 Å². The average molecular weight is 200 g/mol. The van der Waals surface area contributed by atoms with Crippen LogP contribution in [0.15, 0.2) is 0 Å². The van der Waals surface area contributed by atoms with Gasteiger partial charge in [0.1, 0.15) is 0 Å². The summed E-state index contributed by atoms with van der Waals surface area (Å²) in [4.78, 5) is 2.48. The molecule has 0 aromatic rings. The smallest absolute Gasteiger partial charge is 0.0278 e. The maximum atomic E-state index is 6.30. The monoisotopic (exact) mass is 200 g/mol. The summed E-state index contributed by atoms with van der Waals surface area (Å²) >= 11 is 0. The van der Waals surface area contributed by atoms with Crippen molar-refractivity contribution < 1.29 is 0 Å². The first-order valence-corrected chi connectivity index (χ1v) is 6.13. The van der Waals surface area contributed by atoms with Crippen LogP contribution in [0.5, 0.6) is 0 Å². The van der Waals surface area contributed by atoms with Crippen molar-refractivity contribution in [2.24, 2.45) is 5.73 Å². The van der Waals surface area contributed by atoms with Gasteiger partial charge in [-0.15, -0.1) is 0 Å². The highest BCUT2D eigenvalue weighted by atomic mass is 15.1. The molecular formula is C12H28N2. The number of nitrogens with zero attached hydrogens (tertiary/aromatic N) is 1. The molecule has 2 heteroatoms. The molecule has 2 nitrogen and oxygen atoms in total. The van der Waals surface area contributed by atoms with Crippen molar-refractivity contribution in [2.45, 2.75) is 58.9 Å². The highest BCUT2D eigenvalue weighted by Gasteiger charge is 2.22. The molecule has 0 radical (unpaired) electrons. The fraction of sp³-hybridized carbons (Fsp3) is 1.00. The second kappa shape index (κ2) is 7.24. The number of likely N-dealkylation sites (N-methyl/N-ethyl adjacent to an activating group) is 1. The van der Waals surface area contributed by atoms with Crippen LogP contribution in [0.25, 0.3) is 0 Å². The average Bonchev–Trinajstić information content (AvgIpc) is 2.23. The second-order valence-electron chi connectivity index (χ2n) is 4.29. The molecule has 0 aliphatic rings. The third-order valence-electron chi connectivity index (χ3n) is 3.22. The third kappa shape index (κ3) is 4.97. The maximum Gasteiger partial charge on any atom is 0.0278 e. The van der Waals surface area contributed by atoms with Gasteiger partial charge in [-0.25, -0.2) is 0 Å². The van der Waals surface area contributed by atoms with Gasteiger partial charge in [0.25, 0.3) is 0 Å². The van der Waals surface area contributed by atoms with Crippen LogP contribution < -0.4 is 5.73 Å². The molecule has 0 fully saturated rings. The van der Waals surface area contributed by atoms with Crippen LogP contribution in [-0.2, 0) is 0 Å². The minimum atomic E-state index is 0.0315. The van der Waals surface area contributed by atoms with Gasteiger partial charge in [-0.2, -0.15) is 0 Å². The second-order valence-corrected chi connectivity index (χ2v) is 4.29. The largest absolute Gasteiger partial charge is 0.324 e. The first kappa shape index (κ1) is 13.9. The first-order valence-electron chi connectivity index (χ1n) is 6.13. The van der Waals surface area contributed by atoms with E-state index in [9.17, 15) is 0 Å². The van der Waals surface area contributed by atoms with Crippen LogP contribution in [-0.4, -0.2) is 30.1 Å². The SMILES string of the molecule is CCCCN(CC)CC(N)(CC)CC. The summed E-state index contributed by atoms with van der Waals surface area (Å²) in [7, 11) is 0. The summed E-state index contributed by atoms with van der Waals surface area (Å²) in [5.41, 5.74) is 6.33. The molecule has 0 aromatic heterocycles. The van der Waals surface area contributed by atoms with Gasteiger partial charge < -0.3 is 10.6 Å². The van der Waals surface area contributed by atoms with Crippen LogP contribution in [0.4, 0.5) is 0 Å². The summed E-state index contributed by atoms with van der Waals surface area (Å²) in [5, 5.41) is 0. The van der Waals surface area contributed by atoms with E-state index in [0.717, 1.165) is 25.9 Å². The molecule has 0 saturated heterocycles. The lowest BCUT2D eigenvalue weighted by Gasteiger charge is -2.33. The van der Waals surface area contributed by atoms with E-state index < -0.39 is 0 Å². The molecule has 0 aliphatic carbocycles. The van der Waals surface area contributed by atoms with Crippen LogP contribution in [0.1, 0.15) is 53.4 Å².